The Morgan fingerprint density at radius 2 is 1.26 bits per heavy atom. The summed E-state index contributed by atoms with van der Waals surface area (Å²) < 4.78 is 40.9. The van der Waals surface area contributed by atoms with Crippen molar-refractivity contribution in [1.82, 2.24) is 0 Å². The molecule has 0 heterocycles. The quantitative estimate of drug-likeness (QED) is 0.301. The van der Waals surface area contributed by atoms with Crippen LogP contribution in [-0.4, -0.2) is 5.51 Å². The summed E-state index contributed by atoms with van der Waals surface area (Å²) in [5, 5.41) is 3.65. The molecule has 0 unspecified atom stereocenters. The van der Waals surface area contributed by atoms with Gasteiger partial charge in [-0.05, 0) is 33.7 Å². The second-order valence-corrected chi connectivity index (χ2v) is 6.98. The molecule has 0 aliphatic carbocycles. The highest BCUT2D eigenvalue weighted by molar-refractivity contribution is 8.01. The van der Waals surface area contributed by atoms with Crippen LogP contribution in [0.15, 0.2) is 72.8 Å². The SMILES string of the molecule is Nc1ccc2ccccc2c1-c1c(NSC(F)(F)F)ccc2ccccc12. The summed E-state index contributed by atoms with van der Waals surface area (Å²) in [6.45, 7) is 0. The van der Waals surface area contributed by atoms with Crippen molar-refractivity contribution in [3.05, 3.63) is 72.8 Å². The summed E-state index contributed by atoms with van der Waals surface area (Å²) in [6.07, 6.45) is 0. The third kappa shape index (κ3) is 3.40. The van der Waals surface area contributed by atoms with Crippen molar-refractivity contribution in [3.8, 4) is 11.1 Å². The lowest BCUT2D eigenvalue weighted by atomic mass is 9.91. The second kappa shape index (κ2) is 6.70. The number of nitrogen functional groups attached to an aromatic ring is 1. The number of hydrogen-bond donors (Lipinski definition) is 2. The van der Waals surface area contributed by atoms with Gasteiger partial charge in [0.1, 0.15) is 0 Å². The zero-order valence-electron chi connectivity index (χ0n) is 14.0. The van der Waals surface area contributed by atoms with Crippen LogP contribution in [-0.2, 0) is 0 Å². The third-order valence-corrected chi connectivity index (χ3v) is 4.97. The third-order valence-electron chi connectivity index (χ3n) is 4.42. The van der Waals surface area contributed by atoms with Crippen molar-refractivity contribution in [2.75, 3.05) is 10.5 Å². The van der Waals surface area contributed by atoms with E-state index in [9.17, 15) is 13.2 Å². The minimum Gasteiger partial charge on any atom is -0.398 e. The van der Waals surface area contributed by atoms with Gasteiger partial charge in [0.25, 0.3) is 0 Å². The molecule has 0 atom stereocenters. The second-order valence-electron chi connectivity index (χ2n) is 6.11. The van der Waals surface area contributed by atoms with Gasteiger partial charge < -0.3 is 10.5 Å². The number of nitrogens with one attached hydrogen (secondary N) is 1. The van der Waals surface area contributed by atoms with E-state index in [0.717, 1.165) is 27.1 Å². The Bertz CT molecular complexity index is 1140. The lowest BCUT2D eigenvalue weighted by Gasteiger charge is -2.18. The van der Waals surface area contributed by atoms with E-state index < -0.39 is 5.51 Å². The van der Waals surface area contributed by atoms with Crippen LogP contribution in [0.25, 0.3) is 32.7 Å². The number of halogens is 3. The fourth-order valence-corrected chi connectivity index (χ4v) is 3.70. The molecule has 0 radical (unpaired) electrons. The summed E-state index contributed by atoms with van der Waals surface area (Å²) in [4.78, 5) is 0. The molecule has 0 fully saturated rings. The molecule has 4 aromatic carbocycles. The lowest BCUT2D eigenvalue weighted by molar-refractivity contribution is -0.0323. The number of alkyl halides is 3. The van der Waals surface area contributed by atoms with Gasteiger partial charge in [-0.3, -0.25) is 0 Å². The summed E-state index contributed by atoms with van der Waals surface area (Å²) in [5.74, 6) is 0. The van der Waals surface area contributed by atoms with Crippen LogP contribution < -0.4 is 10.5 Å². The number of anilines is 2. The zero-order chi connectivity index (χ0) is 19.0. The van der Waals surface area contributed by atoms with E-state index in [1.807, 2.05) is 54.6 Å². The molecule has 0 aromatic heterocycles. The van der Waals surface area contributed by atoms with Gasteiger partial charge in [-0.2, -0.15) is 13.2 Å². The van der Waals surface area contributed by atoms with Gasteiger partial charge in [-0.15, -0.1) is 0 Å². The molecule has 0 aliphatic heterocycles. The zero-order valence-corrected chi connectivity index (χ0v) is 14.9. The topological polar surface area (TPSA) is 38.0 Å². The number of fused-ring (bicyclic) bond motifs is 2. The van der Waals surface area contributed by atoms with Gasteiger partial charge in [-0.1, -0.05) is 60.7 Å². The first-order valence-electron chi connectivity index (χ1n) is 8.24. The Morgan fingerprint density at radius 3 is 1.89 bits per heavy atom. The van der Waals surface area contributed by atoms with E-state index in [0.29, 0.717) is 16.9 Å². The number of rotatable bonds is 3. The molecule has 2 nitrogen and oxygen atoms in total. The molecule has 27 heavy (non-hydrogen) atoms. The highest BCUT2D eigenvalue weighted by Gasteiger charge is 2.29. The molecule has 0 amide bonds. The van der Waals surface area contributed by atoms with Crippen molar-refractivity contribution in [2.24, 2.45) is 0 Å². The molecular formula is C21H15F3N2S. The maximum absolute atomic E-state index is 12.8. The van der Waals surface area contributed by atoms with Crippen LogP contribution in [0.2, 0.25) is 0 Å². The maximum atomic E-state index is 12.8. The van der Waals surface area contributed by atoms with Crippen molar-refractivity contribution >= 4 is 44.9 Å². The minimum atomic E-state index is -4.40. The Hall–Kier alpha value is -2.86. The van der Waals surface area contributed by atoms with E-state index in [2.05, 4.69) is 4.72 Å². The smallest absolute Gasteiger partial charge is 0.398 e. The summed E-state index contributed by atoms with van der Waals surface area (Å²) in [7, 11) is 0. The summed E-state index contributed by atoms with van der Waals surface area (Å²) in [6, 6.07) is 22.5. The average molecular weight is 384 g/mol. The lowest BCUT2D eigenvalue weighted by Crippen LogP contribution is -2.05. The fourth-order valence-electron chi connectivity index (χ4n) is 3.31. The summed E-state index contributed by atoms with van der Waals surface area (Å²) in [5.41, 5.74) is 4.20. The Labute approximate surface area is 158 Å². The molecule has 6 heteroatoms. The first-order valence-corrected chi connectivity index (χ1v) is 9.06. The van der Waals surface area contributed by atoms with E-state index in [1.165, 1.54) is 0 Å². The predicted molar refractivity (Wildman–Crippen MR) is 109 cm³/mol. The predicted octanol–water partition coefficient (Wildman–Crippen LogP) is 6.82. The van der Waals surface area contributed by atoms with Gasteiger partial charge in [-0.25, -0.2) is 0 Å². The highest BCUT2D eigenvalue weighted by Crippen LogP contribution is 2.44. The molecule has 0 saturated carbocycles. The summed E-state index contributed by atoms with van der Waals surface area (Å²) >= 11 is -0.276. The van der Waals surface area contributed by atoms with E-state index >= 15 is 0 Å². The molecule has 0 saturated heterocycles. The van der Waals surface area contributed by atoms with Gasteiger partial charge in [0.05, 0.1) is 17.6 Å². The molecule has 4 aromatic rings. The van der Waals surface area contributed by atoms with Crippen molar-refractivity contribution in [1.29, 1.82) is 0 Å². The van der Waals surface area contributed by atoms with Gasteiger partial charge in [0, 0.05) is 16.8 Å². The van der Waals surface area contributed by atoms with Crippen LogP contribution in [0.4, 0.5) is 24.5 Å². The number of hydrogen-bond acceptors (Lipinski definition) is 3. The molecule has 3 N–H and O–H groups in total. The molecular weight excluding hydrogens is 369 g/mol. The normalized spacial score (nSPS) is 11.8. The van der Waals surface area contributed by atoms with Gasteiger partial charge >= 0.3 is 5.51 Å². The monoisotopic (exact) mass is 384 g/mol. The average Bonchev–Trinajstić information content (AvgIpc) is 2.66. The van der Waals surface area contributed by atoms with Crippen molar-refractivity contribution < 1.29 is 13.2 Å². The Balaban J connectivity index is 2.04. The van der Waals surface area contributed by atoms with E-state index in [1.54, 1.807) is 18.2 Å². The van der Waals surface area contributed by atoms with Crippen molar-refractivity contribution in [2.45, 2.75) is 5.51 Å². The standard InChI is InChI=1S/C21H15F3N2S/c22-21(23,24)27-26-18-12-10-14-6-2-4-8-16(14)20(18)19-15-7-3-1-5-13(15)9-11-17(19)25/h1-12,26H,25H2. The van der Waals surface area contributed by atoms with Crippen LogP contribution >= 0.6 is 11.9 Å². The maximum Gasteiger partial charge on any atom is 0.461 e. The van der Waals surface area contributed by atoms with E-state index in [-0.39, 0.29) is 11.9 Å². The number of nitrogens with two attached hydrogens (primary N) is 1. The molecule has 0 spiro atoms. The van der Waals surface area contributed by atoms with Crippen LogP contribution in [0.5, 0.6) is 0 Å². The van der Waals surface area contributed by atoms with Crippen LogP contribution in [0, 0.1) is 0 Å². The first kappa shape index (κ1) is 17.5. The molecule has 4 rings (SSSR count). The largest absolute Gasteiger partial charge is 0.461 e. The molecule has 0 aliphatic rings. The first-order chi connectivity index (χ1) is 12.9. The number of benzene rings is 4. The van der Waals surface area contributed by atoms with Crippen molar-refractivity contribution in [3.63, 3.8) is 0 Å². The van der Waals surface area contributed by atoms with Crippen LogP contribution in [0.1, 0.15) is 0 Å². The Morgan fingerprint density at radius 1 is 0.704 bits per heavy atom. The van der Waals surface area contributed by atoms with Gasteiger partial charge in [0.2, 0.25) is 0 Å². The van der Waals surface area contributed by atoms with Gasteiger partial charge in [0.15, 0.2) is 0 Å². The molecule has 0 bridgehead atoms. The highest BCUT2D eigenvalue weighted by atomic mass is 32.2. The van der Waals surface area contributed by atoms with E-state index in [4.69, 9.17) is 5.73 Å². The van der Waals surface area contributed by atoms with Crippen LogP contribution in [0.3, 0.4) is 0 Å². The Kier molecular flexibility index (Phi) is 4.36. The minimum absolute atomic E-state index is 0.276. The fraction of sp³-hybridized carbons (Fsp3) is 0.0476. The molecule has 136 valence electrons.